The molecule has 1 aliphatic heterocycles. The van der Waals surface area contributed by atoms with Gasteiger partial charge in [0.25, 0.3) is 5.91 Å². The molecular formula is C19H20ClN3O2. The Morgan fingerprint density at radius 2 is 1.88 bits per heavy atom. The Hall–Kier alpha value is -2.40. The molecule has 0 spiro atoms. The Kier molecular flexibility index (Phi) is 5.34. The molecular weight excluding hydrogens is 338 g/mol. The monoisotopic (exact) mass is 357 g/mol. The van der Waals surface area contributed by atoms with Crippen LogP contribution >= 0.6 is 11.6 Å². The van der Waals surface area contributed by atoms with Crippen molar-refractivity contribution >= 4 is 29.2 Å². The Morgan fingerprint density at radius 3 is 2.52 bits per heavy atom. The summed E-state index contributed by atoms with van der Waals surface area (Å²) in [6, 6.07) is 11.0. The highest BCUT2D eigenvalue weighted by molar-refractivity contribution is 6.30. The van der Waals surface area contributed by atoms with Gasteiger partial charge >= 0.3 is 0 Å². The summed E-state index contributed by atoms with van der Waals surface area (Å²) in [6.07, 6.45) is 2.80. The first-order valence-electron chi connectivity index (χ1n) is 8.32. The number of benzene rings is 1. The van der Waals surface area contributed by atoms with Crippen LogP contribution in [0.1, 0.15) is 28.8 Å². The van der Waals surface area contributed by atoms with Crippen LogP contribution in [0.25, 0.3) is 0 Å². The lowest BCUT2D eigenvalue weighted by Gasteiger charge is -2.31. The van der Waals surface area contributed by atoms with Crippen LogP contribution in [-0.2, 0) is 4.79 Å². The van der Waals surface area contributed by atoms with E-state index in [1.165, 1.54) is 6.20 Å². The van der Waals surface area contributed by atoms with Crippen LogP contribution in [0, 0.1) is 12.8 Å². The number of nitrogens with zero attached hydrogens (tertiary/aromatic N) is 2. The van der Waals surface area contributed by atoms with Gasteiger partial charge in [0, 0.05) is 30.8 Å². The Bertz CT molecular complexity index is 768. The number of carbonyl (C=O) groups is 2. The first-order chi connectivity index (χ1) is 12.0. The molecule has 3 rings (SSSR count). The van der Waals surface area contributed by atoms with Crippen LogP contribution in [0.5, 0.6) is 0 Å². The molecule has 1 aliphatic rings. The third-order valence-electron chi connectivity index (χ3n) is 4.51. The summed E-state index contributed by atoms with van der Waals surface area (Å²) in [5, 5.41) is 3.34. The highest BCUT2D eigenvalue weighted by atomic mass is 35.5. The number of piperidine rings is 1. The number of rotatable bonds is 3. The number of anilines is 1. The summed E-state index contributed by atoms with van der Waals surface area (Å²) in [5.41, 5.74) is 1.71. The number of aryl methyl sites for hydroxylation is 1. The summed E-state index contributed by atoms with van der Waals surface area (Å²) in [4.78, 5) is 30.9. The molecule has 1 fully saturated rings. The molecule has 1 N–H and O–H groups in total. The second-order valence-corrected chi connectivity index (χ2v) is 6.67. The number of likely N-dealkylation sites (tertiary alicyclic amines) is 1. The third kappa shape index (κ3) is 4.17. The summed E-state index contributed by atoms with van der Waals surface area (Å²) < 4.78 is 0. The summed E-state index contributed by atoms with van der Waals surface area (Å²) in [5.74, 6) is 0.361. The van der Waals surface area contributed by atoms with Gasteiger partial charge in [0.15, 0.2) is 0 Å². The van der Waals surface area contributed by atoms with Gasteiger partial charge in [0.05, 0.1) is 5.02 Å². The lowest BCUT2D eigenvalue weighted by atomic mass is 9.95. The van der Waals surface area contributed by atoms with Crippen LogP contribution in [0.4, 0.5) is 5.82 Å². The summed E-state index contributed by atoms with van der Waals surface area (Å²) in [6.45, 7) is 3.10. The molecule has 5 nitrogen and oxygen atoms in total. The second-order valence-electron chi connectivity index (χ2n) is 6.23. The van der Waals surface area contributed by atoms with Gasteiger partial charge < -0.3 is 10.2 Å². The van der Waals surface area contributed by atoms with Crippen molar-refractivity contribution in [3.05, 3.63) is 58.7 Å². The quantitative estimate of drug-likeness (QED) is 0.913. The van der Waals surface area contributed by atoms with Crippen LogP contribution in [0.2, 0.25) is 5.02 Å². The molecule has 2 aromatic rings. The lowest BCUT2D eigenvalue weighted by Crippen LogP contribution is -2.41. The van der Waals surface area contributed by atoms with E-state index in [0.717, 1.165) is 11.1 Å². The maximum absolute atomic E-state index is 12.6. The Balaban J connectivity index is 1.56. The molecule has 2 heterocycles. The van der Waals surface area contributed by atoms with E-state index in [2.05, 4.69) is 10.3 Å². The second kappa shape index (κ2) is 7.66. The Morgan fingerprint density at radius 1 is 1.16 bits per heavy atom. The van der Waals surface area contributed by atoms with E-state index in [-0.39, 0.29) is 17.7 Å². The average molecular weight is 358 g/mol. The standard InChI is InChI=1S/C19H20ClN3O2/c1-13-4-2-3-5-16(13)19(25)23-10-8-14(9-11-23)18(24)22-17-7-6-15(20)12-21-17/h2-7,12,14H,8-11H2,1H3,(H,21,22,24). The fraction of sp³-hybridized carbons (Fsp3) is 0.316. The van der Waals surface area contributed by atoms with E-state index in [1.807, 2.05) is 36.1 Å². The van der Waals surface area contributed by atoms with Crippen molar-refractivity contribution in [2.75, 3.05) is 18.4 Å². The van der Waals surface area contributed by atoms with Crippen molar-refractivity contribution in [3.63, 3.8) is 0 Å². The topological polar surface area (TPSA) is 62.3 Å². The SMILES string of the molecule is Cc1ccccc1C(=O)N1CCC(C(=O)Nc2ccc(Cl)cn2)CC1. The van der Waals surface area contributed by atoms with Crippen molar-refractivity contribution < 1.29 is 9.59 Å². The maximum Gasteiger partial charge on any atom is 0.254 e. The van der Waals surface area contributed by atoms with E-state index < -0.39 is 0 Å². The van der Waals surface area contributed by atoms with Gasteiger partial charge in [-0.05, 0) is 43.5 Å². The van der Waals surface area contributed by atoms with Crippen molar-refractivity contribution in [2.45, 2.75) is 19.8 Å². The molecule has 130 valence electrons. The molecule has 1 aromatic heterocycles. The summed E-state index contributed by atoms with van der Waals surface area (Å²) >= 11 is 5.79. The van der Waals surface area contributed by atoms with Gasteiger partial charge in [-0.2, -0.15) is 0 Å². The Labute approximate surface area is 152 Å². The van der Waals surface area contributed by atoms with Gasteiger partial charge in [0.2, 0.25) is 5.91 Å². The average Bonchev–Trinajstić information content (AvgIpc) is 2.63. The van der Waals surface area contributed by atoms with Crippen LogP contribution in [0.15, 0.2) is 42.6 Å². The fourth-order valence-electron chi connectivity index (χ4n) is 3.01. The third-order valence-corrected chi connectivity index (χ3v) is 4.73. The first kappa shape index (κ1) is 17.4. The van der Waals surface area contributed by atoms with Crippen molar-refractivity contribution in [2.24, 2.45) is 5.92 Å². The number of hydrogen-bond donors (Lipinski definition) is 1. The van der Waals surface area contributed by atoms with Crippen LogP contribution in [-0.4, -0.2) is 34.8 Å². The molecule has 1 aromatic carbocycles. The molecule has 0 atom stereocenters. The predicted molar refractivity (Wildman–Crippen MR) is 97.7 cm³/mol. The van der Waals surface area contributed by atoms with Gasteiger partial charge in [-0.25, -0.2) is 4.98 Å². The minimum Gasteiger partial charge on any atom is -0.339 e. The number of halogens is 1. The van der Waals surface area contributed by atoms with Crippen molar-refractivity contribution in [1.82, 2.24) is 9.88 Å². The van der Waals surface area contributed by atoms with Crippen LogP contribution in [0.3, 0.4) is 0 Å². The normalized spacial score (nSPS) is 15.0. The number of pyridine rings is 1. The number of nitrogens with one attached hydrogen (secondary N) is 1. The van der Waals surface area contributed by atoms with E-state index >= 15 is 0 Å². The highest BCUT2D eigenvalue weighted by Crippen LogP contribution is 2.22. The van der Waals surface area contributed by atoms with E-state index in [9.17, 15) is 9.59 Å². The minimum atomic E-state index is -0.113. The first-order valence-corrected chi connectivity index (χ1v) is 8.69. The minimum absolute atomic E-state index is 0.0383. The molecule has 0 unspecified atom stereocenters. The largest absolute Gasteiger partial charge is 0.339 e. The van der Waals surface area contributed by atoms with Crippen LogP contribution < -0.4 is 5.32 Å². The highest BCUT2D eigenvalue weighted by Gasteiger charge is 2.28. The fourth-order valence-corrected chi connectivity index (χ4v) is 3.12. The number of amides is 2. The zero-order chi connectivity index (χ0) is 17.8. The molecule has 0 aliphatic carbocycles. The zero-order valence-corrected chi connectivity index (χ0v) is 14.8. The molecule has 1 saturated heterocycles. The number of carbonyl (C=O) groups excluding carboxylic acids is 2. The van der Waals surface area contributed by atoms with Crippen molar-refractivity contribution in [3.8, 4) is 0 Å². The van der Waals surface area contributed by atoms with E-state index in [0.29, 0.717) is 36.8 Å². The molecule has 25 heavy (non-hydrogen) atoms. The van der Waals surface area contributed by atoms with E-state index in [4.69, 9.17) is 11.6 Å². The van der Waals surface area contributed by atoms with Gasteiger partial charge in [-0.15, -0.1) is 0 Å². The maximum atomic E-state index is 12.6. The van der Waals surface area contributed by atoms with Crippen molar-refractivity contribution in [1.29, 1.82) is 0 Å². The van der Waals surface area contributed by atoms with Gasteiger partial charge in [-0.3, -0.25) is 9.59 Å². The van der Waals surface area contributed by atoms with Gasteiger partial charge in [0.1, 0.15) is 5.82 Å². The predicted octanol–water partition coefficient (Wildman–Crippen LogP) is 3.53. The number of hydrogen-bond acceptors (Lipinski definition) is 3. The molecule has 0 saturated carbocycles. The van der Waals surface area contributed by atoms with Gasteiger partial charge in [-0.1, -0.05) is 29.8 Å². The molecule has 0 bridgehead atoms. The zero-order valence-electron chi connectivity index (χ0n) is 14.0. The summed E-state index contributed by atoms with van der Waals surface area (Å²) in [7, 11) is 0. The van der Waals surface area contributed by atoms with E-state index in [1.54, 1.807) is 12.1 Å². The lowest BCUT2D eigenvalue weighted by molar-refractivity contribution is -0.121. The molecule has 6 heteroatoms. The smallest absolute Gasteiger partial charge is 0.254 e. The molecule has 0 radical (unpaired) electrons. The number of aromatic nitrogens is 1. The molecule has 2 amide bonds.